The van der Waals surface area contributed by atoms with Crippen molar-refractivity contribution in [1.82, 2.24) is 14.5 Å². The normalized spacial score (nSPS) is 15.4. The first-order valence-corrected chi connectivity index (χ1v) is 7.73. The number of carbonyl (C=O) groups is 1. The van der Waals surface area contributed by atoms with Crippen LogP contribution in [0.3, 0.4) is 0 Å². The van der Waals surface area contributed by atoms with Crippen LogP contribution < -0.4 is 5.69 Å². The van der Waals surface area contributed by atoms with Crippen molar-refractivity contribution in [3.8, 4) is 0 Å². The quantitative estimate of drug-likeness (QED) is 0.946. The van der Waals surface area contributed by atoms with E-state index in [1.165, 1.54) is 0 Å². The van der Waals surface area contributed by atoms with Gasteiger partial charge in [0.15, 0.2) is 0 Å². The second-order valence-corrected chi connectivity index (χ2v) is 6.17. The van der Waals surface area contributed by atoms with Crippen LogP contribution in [0.1, 0.15) is 26.7 Å². The number of para-hydroxylation sites is 2. The number of nitrogens with one attached hydrogen (secondary N) is 1. The number of hydrogen-bond acceptors (Lipinski definition) is 2. The molecule has 0 spiro atoms. The van der Waals surface area contributed by atoms with Crippen molar-refractivity contribution in [2.45, 2.75) is 26.7 Å². The van der Waals surface area contributed by atoms with Crippen LogP contribution in [-0.4, -0.2) is 33.4 Å². The molecule has 22 heavy (non-hydrogen) atoms. The first-order chi connectivity index (χ1) is 10.6. The van der Waals surface area contributed by atoms with Crippen LogP contribution in [0.2, 0.25) is 0 Å². The lowest BCUT2D eigenvalue weighted by Gasteiger charge is -2.27. The Labute approximate surface area is 129 Å². The molecule has 2 heterocycles. The largest absolute Gasteiger partial charge is 0.339 e. The Morgan fingerprint density at radius 2 is 2.09 bits per heavy atom. The Kier molecular flexibility index (Phi) is 3.88. The predicted octanol–water partition coefficient (Wildman–Crippen LogP) is 2.45. The molecular formula is C17H21N3O2. The van der Waals surface area contributed by atoms with Gasteiger partial charge in [0.1, 0.15) is 0 Å². The second-order valence-electron chi connectivity index (χ2n) is 6.17. The van der Waals surface area contributed by atoms with Gasteiger partial charge in [-0.3, -0.25) is 9.36 Å². The van der Waals surface area contributed by atoms with Crippen LogP contribution in [0.25, 0.3) is 16.7 Å². The highest BCUT2D eigenvalue weighted by Gasteiger charge is 2.20. The molecule has 1 aliphatic rings. The number of imidazole rings is 1. The molecule has 5 nitrogen and oxygen atoms in total. The molecule has 0 aliphatic carbocycles. The Morgan fingerprint density at radius 1 is 1.32 bits per heavy atom. The van der Waals surface area contributed by atoms with E-state index in [9.17, 15) is 9.59 Å². The number of H-pyrrole nitrogens is 1. The van der Waals surface area contributed by atoms with E-state index in [0.717, 1.165) is 16.7 Å². The number of aromatic amines is 1. The SMILES string of the molecule is CC(C)CC(=O)N1CC=C(n2c(=O)[nH]c3ccccc32)CC1. The molecule has 0 saturated heterocycles. The van der Waals surface area contributed by atoms with Crippen molar-refractivity contribution >= 4 is 22.6 Å². The minimum absolute atomic E-state index is 0.116. The number of amides is 1. The number of rotatable bonds is 3. The van der Waals surface area contributed by atoms with E-state index in [0.29, 0.717) is 31.8 Å². The molecule has 1 aromatic carbocycles. The average molecular weight is 299 g/mol. The average Bonchev–Trinajstić information content (AvgIpc) is 2.82. The van der Waals surface area contributed by atoms with Crippen molar-refractivity contribution in [3.05, 3.63) is 40.8 Å². The Balaban J connectivity index is 1.85. The van der Waals surface area contributed by atoms with Crippen LogP contribution in [0.5, 0.6) is 0 Å². The van der Waals surface area contributed by atoms with Gasteiger partial charge in [0.25, 0.3) is 0 Å². The monoisotopic (exact) mass is 299 g/mol. The van der Waals surface area contributed by atoms with E-state index in [4.69, 9.17) is 0 Å². The van der Waals surface area contributed by atoms with E-state index < -0.39 is 0 Å². The summed E-state index contributed by atoms with van der Waals surface area (Å²) in [5.74, 6) is 0.561. The Morgan fingerprint density at radius 3 is 2.77 bits per heavy atom. The van der Waals surface area contributed by atoms with Crippen LogP contribution in [0.4, 0.5) is 0 Å². The van der Waals surface area contributed by atoms with E-state index in [-0.39, 0.29) is 11.6 Å². The van der Waals surface area contributed by atoms with E-state index in [2.05, 4.69) is 18.8 Å². The van der Waals surface area contributed by atoms with Gasteiger partial charge in [0, 0.05) is 31.6 Å². The van der Waals surface area contributed by atoms with Crippen molar-refractivity contribution < 1.29 is 4.79 Å². The maximum atomic E-state index is 12.2. The van der Waals surface area contributed by atoms with Gasteiger partial charge in [-0.25, -0.2) is 4.79 Å². The van der Waals surface area contributed by atoms with Gasteiger partial charge >= 0.3 is 5.69 Å². The van der Waals surface area contributed by atoms with Gasteiger partial charge in [-0.15, -0.1) is 0 Å². The topological polar surface area (TPSA) is 58.1 Å². The fraction of sp³-hybridized carbons (Fsp3) is 0.412. The molecule has 5 heteroatoms. The minimum Gasteiger partial charge on any atom is -0.339 e. The maximum Gasteiger partial charge on any atom is 0.330 e. The summed E-state index contributed by atoms with van der Waals surface area (Å²) in [7, 11) is 0. The zero-order valence-electron chi connectivity index (χ0n) is 13.0. The molecule has 0 saturated carbocycles. The number of hydrogen-bond donors (Lipinski definition) is 1. The minimum atomic E-state index is -0.116. The van der Waals surface area contributed by atoms with Crippen molar-refractivity contribution in [2.24, 2.45) is 5.92 Å². The summed E-state index contributed by atoms with van der Waals surface area (Å²) in [4.78, 5) is 29.0. The first-order valence-electron chi connectivity index (χ1n) is 7.73. The van der Waals surface area contributed by atoms with Gasteiger partial charge in [0.05, 0.1) is 11.0 Å². The lowest BCUT2D eigenvalue weighted by atomic mass is 10.1. The summed E-state index contributed by atoms with van der Waals surface area (Å²) in [6.07, 6.45) is 3.27. The van der Waals surface area contributed by atoms with Gasteiger partial charge in [0.2, 0.25) is 5.91 Å². The molecule has 2 aromatic rings. The number of aromatic nitrogens is 2. The lowest BCUT2D eigenvalue weighted by molar-refractivity contribution is -0.131. The highest BCUT2D eigenvalue weighted by Crippen LogP contribution is 2.20. The lowest BCUT2D eigenvalue weighted by Crippen LogP contribution is -2.36. The van der Waals surface area contributed by atoms with Crippen LogP contribution >= 0.6 is 0 Å². The fourth-order valence-electron chi connectivity index (χ4n) is 2.91. The van der Waals surface area contributed by atoms with E-state index in [1.54, 1.807) is 4.57 Å². The molecule has 0 fully saturated rings. The highest BCUT2D eigenvalue weighted by molar-refractivity contribution is 5.80. The molecule has 0 atom stereocenters. The third-order valence-corrected chi connectivity index (χ3v) is 4.00. The smallest absolute Gasteiger partial charge is 0.330 e. The van der Waals surface area contributed by atoms with E-state index in [1.807, 2.05) is 35.2 Å². The second kappa shape index (κ2) is 5.83. The maximum absolute atomic E-state index is 12.2. The third-order valence-electron chi connectivity index (χ3n) is 4.00. The van der Waals surface area contributed by atoms with Gasteiger partial charge < -0.3 is 9.88 Å². The summed E-state index contributed by atoms with van der Waals surface area (Å²) in [6, 6.07) is 7.66. The molecule has 0 bridgehead atoms. The molecule has 3 rings (SSSR count). The fourth-order valence-corrected chi connectivity index (χ4v) is 2.91. The van der Waals surface area contributed by atoms with Crippen molar-refractivity contribution in [3.63, 3.8) is 0 Å². The summed E-state index contributed by atoms with van der Waals surface area (Å²) in [5, 5.41) is 0. The molecule has 1 aliphatic heterocycles. The first kappa shape index (κ1) is 14.6. The Hall–Kier alpha value is -2.30. The molecule has 116 valence electrons. The zero-order valence-corrected chi connectivity index (χ0v) is 13.0. The number of fused-ring (bicyclic) bond motifs is 1. The van der Waals surface area contributed by atoms with Gasteiger partial charge in [-0.05, 0) is 24.1 Å². The summed E-state index contributed by atoms with van der Waals surface area (Å²) < 4.78 is 1.72. The van der Waals surface area contributed by atoms with Crippen molar-refractivity contribution in [1.29, 1.82) is 0 Å². The van der Waals surface area contributed by atoms with Crippen LogP contribution in [0, 0.1) is 5.92 Å². The summed E-state index contributed by atoms with van der Waals surface area (Å²) in [6.45, 7) is 5.35. The zero-order chi connectivity index (χ0) is 15.7. The van der Waals surface area contributed by atoms with Crippen LogP contribution in [-0.2, 0) is 4.79 Å². The summed E-state index contributed by atoms with van der Waals surface area (Å²) in [5.41, 5.74) is 2.58. The Bertz CT molecular complexity index is 783. The standard InChI is InChI=1S/C17H21N3O2/c1-12(2)11-16(21)19-9-7-13(8-10-19)20-15-6-4-3-5-14(15)18-17(20)22/h3-7,12H,8-11H2,1-2H3,(H,18,22). The van der Waals surface area contributed by atoms with Gasteiger partial charge in [-0.2, -0.15) is 0 Å². The van der Waals surface area contributed by atoms with Crippen LogP contribution in [0.15, 0.2) is 35.1 Å². The van der Waals surface area contributed by atoms with Crippen molar-refractivity contribution in [2.75, 3.05) is 13.1 Å². The molecule has 0 unspecified atom stereocenters. The molecule has 1 N–H and O–H groups in total. The number of benzene rings is 1. The molecular weight excluding hydrogens is 278 g/mol. The third kappa shape index (κ3) is 2.71. The molecule has 1 amide bonds. The van der Waals surface area contributed by atoms with Gasteiger partial charge in [-0.1, -0.05) is 26.0 Å². The van der Waals surface area contributed by atoms with E-state index >= 15 is 0 Å². The molecule has 1 aromatic heterocycles. The highest BCUT2D eigenvalue weighted by atomic mass is 16.2. The molecule has 0 radical (unpaired) electrons. The number of carbonyl (C=O) groups excluding carboxylic acids is 1. The summed E-state index contributed by atoms with van der Waals surface area (Å²) >= 11 is 0. The predicted molar refractivity (Wildman–Crippen MR) is 87.5 cm³/mol. The number of nitrogens with zero attached hydrogens (tertiary/aromatic N) is 2.